The minimum absolute atomic E-state index is 0.499. The van der Waals surface area contributed by atoms with Crippen LogP contribution in [0.3, 0.4) is 0 Å². The van der Waals surface area contributed by atoms with Crippen molar-refractivity contribution >= 4 is 11.8 Å². The molecule has 122 valence electrons. The highest BCUT2D eigenvalue weighted by Crippen LogP contribution is 2.20. The van der Waals surface area contributed by atoms with E-state index >= 15 is 0 Å². The van der Waals surface area contributed by atoms with Gasteiger partial charge in [0.25, 0.3) is 0 Å². The Morgan fingerprint density at radius 2 is 1.87 bits per heavy atom. The minimum Gasteiger partial charge on any atom is -0.369 e. The maximum atomic E-state index is 4.52. The average Bonchev–Trinajstić information content (AvgIpc) is 2.61. The molecule has 1 heterocycles. The number of nitrogens with zero attached hydrogens (tertiary/aromatic N) is 3. The molecule has 0 atom stereocenters. The predicted molar refractivity (Wildman–Crippen MR) is 93.6 cm³/mol. The van der Waals surface area contributed by atoms with Gasteiger partial charge in [-0.25, -0.2) is 0 Å². The Labute approximate surface area is 137 Å². The number of aromatic nitrogens is 3. The summed E-state index contributed by atoms with van der Waals surface area (Å²) in [5.41, 5.74) is 1.37. The molecule has 1 aromatic carbocycles. The maximum Gasteiger partial charge on any atom is 0.244 e. The van der Waals surface area contributed by atoms with Gasteiger partial charge in [0.05, 0.1) is 6.20 Å². The summed E-state index contributed by atoms with van der Waals surface area (Å²) < 4.78 is 0. The molecule has 23 heavy (non-hydrogen) atoms. The van der Waals surface area contributed by atoms with Crippen molar-refractivity contribution in [1.29, 1.82) is 0 Å². The van der Waals surface area contributed by atoms with E-state index in [1.165, 1.54) is 37.7 Å². The van der Waals surface area contributed by atoms with Crippen LogP contribution in [-0.4, -0.2) is 27.8 Å². The number of hydrogen-bond acceptors (Lipinski definition) is 5. The summed E-state index contributed by atoms with van der Waals surface area (Å²) in [6.07, 6.45) is 10.2. The first-order valence-corrected chi connectivity index (χ1v) is 8.64. The SMILES string of the molecule is c1ccc(CCCNc2cnnc(NC3CCCCC3)n2)cc1. The molecule has 0 spiro atoms. The normalized spacial score (nSPS) is 15.3. The van der Waals surface area contributed by atoms with Gasteiger partial charge in [-0.1, -0.05) is 49.6 Å². The van der Waals surface area contributed by atoms with Crippen LogP contribution >= 0.6 is 0 Å². The fourth-order valence-electron chi connectivity index (χ4n) is 3.03. The van der Waals surface area contributed by atoms with Crippen molar-refractivity contribution in [3.8, 4) is 0 Å². The van der Waals surface area contributed by atoms with Crippen LogP contribution in [0.5, 0.6) is 0 Å². The van der Waals surface area contributed by atoms with Gasteiger partial charge in [0.15, 0.2) is 0 Å². The molecule has 0 saturated heterocycles. The van der Waals surface area contributed by atoms with E-state index in [2.05, 4.69) is 56.1 Å². The Kier molecular flexibility index (Phi) is 5.78. The smallest absolute Gasteiger partial charge is 0.244 e. The summed E-state index contributed by atoms with van der Waals surface area (Å²) in [7, 11) is 0. The van der Waals surface area contributed by atoms with Crippen molar-refractivity contribution < 1.29 is 0 Å². The maximum absolute atomic E-state index is 4.52. The third-order valence-electron chi connectivity index (χ3n) is 4.29. The molecule has 1 aliphatic carbocycles. The van der Waals surface area contributed by atoms with E-state index in [1.54, 1.807) is 6.20 Å². The van der Waals surface area contributed by atoms with Gasteiger partial charge in [0.1, 0.15) is 5.82 Å². The molecule has 0 radical (unpaired) electrons. The zero-order valence-corrected chi connectivity index (χ0v) is 13.5. The molecule has 1 saturated carbocycles. The van der Waals surface area contributed by atoms with Gasteiger partial charge in [-0.05, 0) is 31.2 Å². The summed E-state index contributed by atoms with van der Waals surface area (Å²) in [6.45, 7) is 0.885. The van der Waals surface area contributed by atoms with Gasteiger partial charge in [0.2, 0.25) is 5.95 Å². The lowest BCUT2D eigenvalue weighted by atomic mass is 9.96. The van der Waals surface area contributed by atoms with Gasteiger partial charge >= 0.3 is 0 Å². The van der Waals surface area contributed by atoms with Crippen LogP contribution < -0.4 is 10.6 Å². The van der Waals surface area contributed by atoms with E-state index in [4.69, 9.17) is 0 Å². The number of nitrogens with one attached hydrogen (secondary N) is 2. The van der Waals surface area contributed by atoms with Crippen molar-refractivity contribution in [1.82, 2.24) is 15.2 Å². The second kappa shape index (κ2) is 8.46. The summed E-state index contributed by atoms with van der Waals surface area (Å²) in [4.78, 5) is 4.52. The number of rotatable bonds is 7. The molecule has 1 aromatic heterocycles. The monoisotopic (exact) mass is 311 g/mol. The van der Waals surface area contributed by atoms with E-state index in [1.807, 2.05) is 0 Å². The Morgan fingerprint density at radius 1 is 1.04 bits per heavy atom. The van der Waals surface area contributed by atoms with Crippen LogP contribution in [0.1, 0.15) is 44.1 Å². The molecule has 0 bridgehead atoms. The Bertz CT molecular complexity index is 581. The molecular weight excluding hydrogens is 286 g/mol. The lowest BCUT2D eigenvalue weighted by Crippen LogP contribution is -2.24. The summed E-state index contributed by atoms with van der Waals surface area (Å²) in [5, 5.41) is 14.9. The van der Waals surface area contributed by atoms with Crippen molar-refractivity contribution in [2.24, 2.45) is 0 Å². The fourth-order valence-corrected chi connectivity index (χ4v) is 3.03. The van der Waals surface area contributed by atoms with Crippen molar-refractivity contribution in [2.45, 2.75) is 51.0 Å². The van der Waals surface area contributed by atoms with Crippen LogP contribution in [0.25, 0.3) is 0 Å². The zero-order chi connectivity index (χ0) is 15.7. The second-order valence-electron chi connectivity index (χ2n) is 6.16. The molecule has 2 aromatic rings. The number of aryl methyl sites for hydroxylation is 1. The topological polar surface area (TPSA) is 62.7 Å². The molecule has 3 rings (SSSR count). The molecule has 0 amide bonds. The quantitative estimate of drug-likeness (QED) is 0.764. The van der Waals surface area contributed by atoms with Crippen LogP contribution in [0.15, 0.2) is 36.5 Å². The summed E-state index contributed by atoms with van der Waals surface area (Å²) in [6, 6.07) is 11.0. The van der Waals surface area contributed by atoms with Crippen LogP contribution in [0.2, 0.25) is 0 Å². The summed E-state index contributed by atoms with van der Waals surface area (Å²) >= 11 is 0. The highest BCUT2D eigenvalue weighted by molar-refractivity contribution is 5.37. The first-order valence-electron chi connectivity index (χ1n) is 8.64. The van der Waals surface area contributed by atoms with E-state index in [9.17, 15) is 0 Å². The van der Waals surface area contributed by atoms with E-state index in [0.717, 1.165) is 25.2 Å². The van der Waals surface area contributed by atoms with Crippen molar-refractivity contribution in [3.63, 3.8) is 0 Å². The molecule has 1 aliphatic rings. The molecule has 1 fully saturated rings. The minimum atomic E-state index is 0.499. The lowest BCUT2D eigenvalue weighted by molar-refractivity contribution is 0.460. The van der Waals surface area contributed by atoms with E-state index < -0.39 is 0 Å². The number of hydrogen-bond donors (Lipinski definition) is 2. The standard InChI is InChI=1S/C18H25N5/c1-3-8-15(9-4-1)10-7-13-19-17-14-20-23-18(22-17)21-16-11-5-2-6-12-16/h1,3-4,8-9,14,16H,2,5-7,10-13H2,(H2,19,21,22,23). The van der Waals surface area contributed by atoms with Gasteiger partial charge in [-0.3, -0.25) is 0 Å². The van der Waals surface area contributed by atoms with Crippen molar-refractivity contribution in [2.75, 3.05) is 17.2 Å². The van der Waals surface area contributed by atoms with Gasteiger partial charge in [-0.2, -0.15) is 10.1 Å². The molecule has 5 nitrogen and oxygen atoms in total. The summed E-state index contributed by atoms with van der Waals surface area (Å²) in [5.74, 6) is 1.44. The van der Waals surface area contributed by atoms with Crippen LogP contribution in [-0.2, 0) is 6.42 Å². The number of anilines is 2. The Hall–Kier alpha value is -2.17. The third-order valence-corrected chi connectivity index (χ3v) is 4.29. The lowest BCUT2D eigenvalue weighted by Gasteiger charge is -2.22. The Balaban J connectivity index is 1.43. The molecule has 0 aliphatic heterocycles. The molecule has 0 unspecified atom stereocenters. The largest absolute Gasteiger partial charge is 0.369 e. The molecular formula is C18H25N5. The van der Waals surface area contributed by atoms with Crippen LogP contribution in [0.4, 0.5) is 11.8 Å². The first kappa shape index (κ1) is 15.7. The first-order chi connectivity index (χ1) is 11.4. The second-order valence-corrected chi connectivity index (χ2v) is 6.16. The van der Waals surface area contributed by atoms with E-state index in [-0.39, 0.29) is 0 Å². The highest BCUT2D eigenvalue weighted by atomic mass is 15.3. The third kappa shape index (κ3) is 5.20. The average molecular weight is 311 g/mol. The Morgan fingerprint density at radius 3 is 2.70 bits per heavy atom. The predicted octanol–water partition coefficient (Wildman–Crippen LogP) is 3.66. The van der Waals surface area contributed by atoms with Gasteiger partial charge < -0.3 is 10.6 Å². The van der Waals surface area contributed by atoms with E-state index in [0.29, 0.717) is 12.0 Å². The zero-order valence-electron chi connectivity index (χ0n) is 13.5. The van der Waals surface area contributed by atoms with Gasteiger partial charge in [-0.15, -0.1) is 5.10 Å². The van der Waals surface area contributed by atoms with Gasteiger partial charge in [0, 0.05) is 12.6 Å². The number of benzene rings is 1. The molecule has 2 N–H and O–H groups in total. The van der Waals surface area contributed by atoms with Crippen LogP contribution in [0, 0.1) is 0 Å². The molecule has 5 heteroatoms. The van der Waals surface area contributed by atoms with Crippen molar-refractivity contribution in [3.05, 3.63) is 42.1 Å². The fraction of sp³-hybridized carbons (Fsp3) is 0.500. The highest BCUT2D eigenvalue weighted by Gasteiger charge is 2.14.